The van der Waals surface area contributed by atoms with E-state index in [1.165, 1.54) is 12.1 Å². The molecule has 1 unspecified atom stereocenters. The summed E-state index contributed by atoms with van der Waals surface area (Å²) in [6, 6.07) is 6.54. The van der Waals surface area contributed by atoms with Crippen LogP contribution >= 0.6 is 0 Å². The maximum absolute atomic E-state index is 12.8. The second kappa shape index (κ2) is 8.48. The maximum Gasteiger partial charge on any atom is 0.191 e. The number of aliphatic imine (C=N–C) groups is 1. The van der Waals surface area contributed by atoms with Crippen molar-refractivity contribution in [2.75, 3.05) is 20.3 Å². The maximum atomic E-state index is 12.8. The van der Waals surface area contributed by atoms with E-state index in [4.69, 9.17) is 4.74 Å². The van der Waals surface area contributed by atoms with Gasteiger partial charge in [-0.3, -0.25) is 0 Å². The Kier molecular flexibility index (Phi) is 6.89. The number of nitrogens with one attached hydrogen (secondary N) is 2. The Morgan fingerprint density at radius 2 is 2.05 bits per heavy atom. The monoisotopic (exact) mass is 267 g/mol. The van der Waals surface area contributed by atoms with Crippen LogP contribution in [-0.2, 0) is 11.3 Å². The fourth-order valence-corrected chi connectivity index (χ4v) is 1.61. The van der Waals surface area contributed by atoms with Crippen LogP contribution in [0.5, 0.6) is 0 Å². The van der Waals surface area contributed by atoms with E-state index in [0.29, 0.717) is 13.2 Å². The summed E-state index contributed by atoms with van der Waals surface area (Å²) in [6.45, 7) is 5.94. The van der Waals surface area contributed by atoms with Crippen LogP contribution in [0, 0.1) is 5.82 Å². The SMILES string of the molecule is CCNC(=NCc1ccc(F)cc1)NC(C)COC. The zero-order chi connectivity index (χ0) is 14.1. The summed E-state index contributed by atoms with van der Waals surface area (Å²) in [6.07, 6.45) is 0. The summed E-state index contributed by atoms with van der Waals surface area (Å²) >= 11 is 0. The molecule has 0 amide bonds. The van der Waals surface area contributed by atoms with Crippen LogP contribution in [0.1, 0.15) is 19.4 Å². The van der Waals surface area contributed by atoms with Gasteiger partial charge in [-0.1, -0.05) is 12.1 Å². The highest BCUT2D eigenvalue weighted by atomic mass is 19.1. The van der Waals surface area contributed by atoms with Crippen molar-refractivity contribution in [1.82, 2.24) is 10.6 Å². The minimum atomic E-state index is -0.230. The van der Waals surface area contributed by atoms with Crippen molar-refractivity contribution in [1.29, 1.82) is 0 Å². The van der Waals surface area contributed by atoms with E-state index >= 15 is 0 Å². The lowest BCUT2D eigenvalue weighted by Gasteiger charge is -2.16. The fraction of sp³-hybridized carbons (Fsp3) is 0.500. The van der Waals surface area contributed by atoms with Crippen molar-refractivity contribution in [2.45, 2.75) is 26.4 Å². The molecule has 0 saturated carbocycles. The number of rotatable bonds is 6. The fourth-order valence-electron chi connectivity index (χ4n) is 1.61. The van der Waals surface area contributed by atoms with E-state index in [0.717, 1.165) is 18.1 Å². The third-order valence-electron chi connectivity index (χ3n) is 2.48. The molecule has 0 aliphatic carbocycles. The van der Waals surface area contributed by atoms with Crippen molar-refractivity contribution >= 4 is 5.96 Å². The number of ether oxygens (including phenoxy) is 1. The number of halogens is 1. The average molecular weight is 267 g/mol. The van der Waals surface area contributed by atoms with Crippen LogP contribution in [0.3, 0.4) is 0 Å². The lowest BCUT2D eigenvalue weighted by atomic mass is 10.2. The van der Waals surface area contributed by atoms with E-state index in [-0.39, 0.29) is 11.9 Å². The molecule has 106 valence electrons. The van der Waals surface area contributed by atoms with Crippen LogP contribution in [-0.4, -0.2) is 32.3 Å². The van der Waals surface area contributed by atoms with Crippen molar-refractivity contribution in [3.05, 3.63) is 35.6 Å². The molecular formula is C14H22FN3O. The van der Waals surface area contributed by atoms with Crippen molar-refractivity contribution < 1.29 is 9.13 Å². The van der Waals surface area contributed by atoms with E-state index in [1.54, 1.807) is 19.2 Å². The Morgan fingerprint density at radius 3 is 2.63 bits per heavy atom. The molecule has 4 nitrogen and oxygen atoms in total. The molecule has 5 heteroatoms. The quantitative estimate of drug-likeness (QED) is 0.611. The number of hydrogen-bond acceptors (Lipinski definition) is 2. The zero-order valence-corrected chi connectivity index (χ0v) is 11.7. The lowest BCUT2D eigenvalue weighted by Crippen LogP contribution is -2.43. The van der Waals surface area contributed by atoms with E-state index < -0.39 is 0 Å². The van der Waals surface area contributed by atoms with Gasteiger partial charge in [-0.25, -0.2) is 9.38 Å². The number of benzene rings is 1. The Bertz CT molecular complexity index is 392. The van der Waals surface area contributed by atoms with Gasteiger partial charge in [0.1, 0.15) is 5.82 Å². The van der Waals surface area contributed by atoms with Crippen molar-refractivity contribution in [3.63, 3.8) is 0 Å². The van der Waals surface area contributed by atoms with Gasteiger partial charge in [0.15, 0.2) is 5.96 Å². The van der Waals surface area contributed by atoms with Gasteiger partial charge >= 0.3 is 0 Å². The number of guanidine groups is 1. The minimum Gasteiger partial charge on any atom is -0.383 e. The summed E-state index contributed by atoms with van der Waals surface area (Å²) in [7, 11) is 1.67. The van der Waals surface area contributed by atoms with Gasteiger partial charge in [-0.15, -0.1) is 0 Å². The van der Waals surface area contributed by atoms with E-state index in [2.05, 4.69) is 15.6 Å². The van der Waals surface area contributed by atoms with Crippen LogP contribution in [0.4, 0.5) is 4.39 Å². The molecule has 0 saturated heterocycles. The molecule has 0 spiro atoms. The highest BCUT2D eigenvalue weighted by Gasteiger charge is 2.04. The number of nitrogens with zero attached hydrogens (tertiary/aromatic N) is 1. The van der Waals surface area contributed by atoms with Crippen molar-refractivity contribution in [2.24, 2.45) is 4.99 Å². The van der Waals surface area contributed by atoms with Gasteiger partial charge in [0.2, 0.25) is 0 Å². The summed E-state index contributed by atoms with van der Waals surface area (Å²) in [4.78, 5) is 4.45. The molecule has 0 radical (unpaired) electrons. The first-order chi connectivity index (χ1) is 9.15. The Morgan fingerprint density at radius 1 is 1.37 bits per heavy atom. The highest BCUT2D eigenvalue weighted by Crippen LogP contribution is 2.03. The molecular weight excluding hydrogens is 245 g/mol. The Labute approximate surface area is 114 Å². The number of methoxy groups -OCH3 is 1. The summed E-state index contributed by atoms with van der Waals surface area (Å²) < 4.78 is 17.9. The van der Waals surface area contributed by atoms with Crippen molar-refractivity contribution in [3.8, 4) is 0 Å². The molecule has 0 aliphatic heterocycles. The predicted octanol–water partition coefficient (Wildman–Crippen LogP) is 1.92. The summed E-state index contributed by atoms with van der Waals surface area (Å²) in [5.41, 5.74) is 0.970. The Hall–Kier alpha value is -1.62. The van der Waals surface area contributed by atoms with Gasteiger partial charge in [0, 0.05) is 19.7 Å². The predicted molar refractivity (Wildman–Crippen MR) is 75.7 cm³/mol. The van der Waals surface area contributed by atoms with Gasteiger partial charge in [-0.05, 0) is 31.5 Å². The van der Waals surface area contributed by atoms with Gasteiger partial charge in [0.05, 0.1) is 13.2 Å². The smallest absolute Gasteiger partial charge is 0.191 e. The normalized spacial score (nSPS) is 13.2. The second-order valence-electron chi connectivity index (χ2n) is 4.32. The van der Waals surface area contributed by atoms with Crippen LogP contribution < -0.4 is 10.6 Å². The first-order valence-corrected chi connectivity index (χ1v) is 6.44. The molecule has 0 fully saturated rings. The molecule has 0 heterocycles. The first kappa shape index (κ1) is 15.4. The zero-order valence-electron chi connectivity index (χ0n) is 11.7. The standard InChI is InChI=1S/C14H22FN3O/c1-4-16-14(18-11(2)10-19-3)17-9-12-5-7-13(15)8-6-12/h5-8,11H,4,9-10H2,1-3H3,(H2,16,17,18). The van der Waals surface area contributed by atoms with E-state index in [1.807, 2.05) is 13.8 Å². The molecule has 1 atom stereocenters. The molecule has 19 heavy (non-hydrogen) atoms. The average Bonchev–Trinajstić information content (AvgIpc) is 2.38. The third-order valence-corrected chi connectivity index (χ3v) is 2.48. The molecule has 1 aromatic rings. The van der Waals surface area contributed by atoms with Crippen LogP contribution in [0.15, 0.2) is 29.3 Å². The second-order valence-corrected chi connectivity index (χ2v) is 4.32. The topological polar surface area (TPSA) is 45.7 Å². The third kappa shape index (κ3) is 6.20. The molecule has 1 rings (SSSR count). The van der Waals surface area contributed by atoms with Crippen LogP contribution in [0.25, 0.3) is 0 Å². The Balaban J connectivity index is 2.59. The van der Waals surface area contributed by atoms with E-state index in [9.17, 15) is 4.39 Å². The van der Waals surface area contributed by atoms with Gasteiger partial charge < -0.3 is 15.4 Å². The largest absolute Gasteiger partial charge is 0.383 e. The first-order valence-electron chi connectivity index (χ1n) is 6.44. The molecule has 0 bridgehead atoms. The minimum absolute atomic E-state index is 0.177. The highest BCUT2D eigenvalue weighted by molar-refractivity contribution is 5.80. The molecule has 2 N–H and O–H groups in total. The number of hydrogen-bond donors (Lipinski definition) is 2. The van der Waals surface area contributed by atoms with Gasteiger partial charge in [0.25, 0.3) is 0 Å². The van der Waals surface area contributed by atoms with Crippen LogP contribution in [0.2, 0.25) is 0 Å². The summed E-state index contributed by atoms with van der Waals surface area (Å²) in [5, 5.41) is 6.40. The molecule has 0 aromatic heterocycles. The summed E-state index contributed by atoms with van der Waals surface area (Å²) in [5.74, 6) is 0.503. The molecule has 0 aliphatic rings. The molecule has 1 aromatic carbocycles. The van der Waals surface area contributed by atoms with Gasteiger partial charge in [-0.2, -0.15) is 0 Å². The lowest BCUT2D eigenvalue weighted by molar-refractivity contribution is 0.179.